The van der Waals surface area contributed by atoms with Crippen molar-refractivity contribution < 1.29 is 14.6 Å². The van der Waals surface area contributed by atoms with Gasteiger partial charge in [0.15, 0.2) is 0 Å². The van der Waals surface area contributed by atoms with Crippen molar-refractivity contribution in [3.63, 3.8) is 0 Å². The van der Waals surface area contributed by atoms with Gasteiger partial charge >= 0.3 is 5.97 Å². The van der Waals surface area contributed by atoms with Crippen molar-refractivity contribution in [2.75, 3.05) is 13.2 Å². The molecule has 4 nitrogen and oxygen atoms in total. The topological polar surface area (TPSA) is 58.6 Å². The second kappa shape index (κ2) is 5.98. The van der Waals surface area contributed by atoms with Crippen LogP contribution >= 0.6 is 0 Å². The lowest BCUT2D eigenvalue weighted by molar-refractivity contribution is -0.139. The number of carbonyl (C=O) groups is 1. The molecule has 14 heavy (non-hydrogen) atoms. The third-order valence-electron chi connectivity index (χ3n) is 1.62. The summed E-state index contributed by atoms with van der Waals surface area (Å²) in [4.78, 5) is 10.3. The molecule has 0 saturated heterocycles. The molecule has 0 radical (unpaired) electrons. The van der Waals surface area contributed by atoms with Crippen molar-refractivity contribution in [2.24, 2.45) is 0 Å². The average Bonchev–Trinajstić information content (AvgIpc) is 1.95. The molecular formula is C10H21NO3. The molecule has 1 atom stereocenters. The van der Waals surface area contributed by atoms with Crippen LogP contribution in [-0.4, -0.2) is 35.9 Å². The number of carboxylic acid groups (broad SMARTS) is 1. The SMILES string of the molecule is CC(CC(=O)O)OCCNC(C)(C)C. The van der Waals surface area contributed by atoms with Crippen LogP contribution in [0.5, 0.6) is 0 Å². The van der Waals surface area contributed by atoms with Gasteiger partial charge in [-0.3, -0.25) is 4.79 Å². The Kier molecular flexibility index (Phi) is 5.72. The highest BCUT2D eigenvalue weighted by Gasteiger charge is 2.10. The molecule has 0 aromatic heterocycles. The number of aliphatic carboxylic acids is 1. The van der Waals surface area contributed by atoms with Crippen molar-refractivity contribution in [3.05, 3.63) is 0 Å². The molecule has 0 rings (SSSR count). The first kappa shape index (κ1) is 13.4. The molecule has 0 aliphatic rings. The van der Waals surface area contributed by atoms with E-state index >= 15 is 0 Å². The zero-order valence-electron chi connectivity index (χ0n) is 9.46. The highest BCUT2D eigenvalue weighted by atomic mass is 16.5. The second-order valence-corrected chi connectivity index (χ2v) is 4.46. The van der Waals surface area contributed by atoms with Gasteiger partial charge < -0.3 is 15.2 Å². The van der Waals surface area contributed by atoms with Gasteiger partial charge in [0.1, 0.15) is 0 Å². The zero-order chi connectivity index (χ0) is 11.2. The molecular weight excluding hydrogens is 182 g/mol. The molecule has 4 heteroatoms. The molecule has 0 saturated carbocycles. The van der Waals surface area contributed by atoms with Crippen LogP contribution in [0.1, 0.15) is 34.1 Å². The minimum Gasteiger partial charge on any atom is -0.481 e. The number of nitrogens with one attached hydrogen (secondary N) is 1. The second-order valence-electron chi connectivity index (χ2n) is 4.46. The molecule has 2 N–H and O–H groups in total. The third-order valence-corrected chi connectivity index (χ3v) is 1.62. The van der Waals surface area contributed by atoms with Crippen molar-refractivity contribution in [1.29, 1.82) is 0 Å². The fourth-order valence-electron chi connectivity index (χ4n) is 0.991. The van der Waals surface area contributed by atoms with Gasteiger partial charge in [-0.1, -0.05) is 0 Å². The summed E-state index contributed by atoms with van der Waals surface area (Å²) in [5.74, 6) is -0.818. The van der Waals surface area contributed by atoms with Crippen molar-refractivity contribution >= 4 is 5.97 Å². The van der Waals surface area contributed by atoms with Crippen molar-refractivity contribution in [3.8, 4) is 0 Å². The maximum Gasteiger partial charge on any atom is 0.305 e. The molecule has 84 valence electrons. The minimum atomic E-state index is -0.818. The Bertz CT molecular complexity index is 175. The first-order valence-electron chi connectivity index (χ1n) is 4.89. The highest BCUT2D eigenvalue weighted by Crippen LogP contribution is 1.99. The summed E-state index contributed by atoms with van der Waals surface area (Å²) in [5.41, 5.74) is 0.0827. The monoisotopic (exact) mass is 203 g/mol. The Morgan fingerprint density at radius 2 is 2.07 bits per heavy atom. The summed E-state index contributed by atoms with van der Waals surface area (Å²) in [6.45, 7) is 9.29. The lowest BCUT2D eigenvalue weighted by Gasteiger charge is -2.21. The highest BCUT2D eigenvalue weighted by molar-refractivity contribution is 5.67. The third kappa shape index (κ3) is 9.48. The van der Waals surface area contributed by atoms with E-state index < -0.39 is 5.97 Å². The molecule has 0 aromatic rings. The Morgan fingerprint density at radius 3 is 2.50 bits per heavy atom. The van der Waals surface area contributed by atoms with Gasteiger partial charge in [0.2, 0.25) is 0 Å². The van der Waals surface area contributed by atoms with Gasteiger partial charge in [0, 0.05) is 12.1 Å². The summed E-state index contributed by atoms with van der Waals surface area (Å²) in [6.07, 6.45) is -0.149. The maximum atomic E-state index is 10.3. The molecule has 0 bridgehead atoms. The van der Waals surface area contributed by atoms with E-state index in [0.29, 0.717) is 6.61 Å². The molecule has 0 heterocycles. The lowest BCUT2D eigenvalue weighted by Crippen LogP contribution is -2.38. The molecule has 0 fully saturated rings. The van der Waals surface area contributed by atoms with Gasteiger partial charge in [-0.25, -0.2) is 0 Å². The van der Waals surface area contributed by atoms with Crippen LogP contribution in [0.25, 0.3) is 0 Å². The molecule has 0 aromatic carbocycles. The summed E-state index contributed by atoms with van der Waals surface area (Å²) in [7, 11) is 0. The number of hydrogen-bond acceptors (Lipinski definition) is 3. The molecule has 0 aliphatic heterocycles. The summed E-state index contributed by atoms with van der Waals surface area (Å²) >= 11 is 0. The molecule has 0 spiro atoms. The smallest absolute Gasteiger partial charge is 0.305 e. The first-order chi connectivity index (χ1) is 6.31. The van der Waals surface area contributed by atoms with Crippen LogP contribution in [0.15, 0.2) is 0 Å². The van der Waals surface area contributed by atoms with Gasteiger partial charge in [-0.05, 0) is 27.7 Å². The maximum absolute atomic E-state index is 10.3. The van der Waals surface area contributed by atoms with Crippen LogP contribution in [0.4, 0.5) is 0 Å². The number of carboxylic acids is 1. The predicted molar refractivity (Wildman–Crippen MR) is 55.4 cm³/mol. The Hall–Kier alpha value is -0.610. The van der Waals surface area contributed by atoms with Crippen LogP contribution in [0.3, 0.4) is 0 Å². The summed E-state index contributed by atoms with van der Waals surface area (Å²) in [5, 5.41) is 11.7. The quantitative estimate of drug-likeness (QED) is 0.638. The van der Waals surface area contributed by atoms with E-state index in [1.165, 1.54) is 0 Å². The van der Waals surface area contributed by atoms with Gasteiger partial charge in [0.25, 0.3) is 0 Å². The first-order valence-corrected chi connectivity index (χ1v) is 4.89. The van der Waals surface area contributed by atoms with Crippen LogP contribution in [-0.2, 0) is 9.53 Å². The fraction of sp³-hybridized carbons (Fsp3) is 0.900. The summed E-state index contributed by atoms with van der Waals surface area (Å²) in [6, 6.07) is 0. The minimum absolute atomic E-state index is 0.0650. The van der Waals surface area contributed by atoms with E-state index in [4.69, 9.17) is 9.84 Å². The molecule has 0 aliphatic carbocycles. The van der Waals surface area contributed by atoms with Crippen LogP contribution in [0.2, 0.25) is 0 Å². The van der Waals surface area contributed by atoms with Crippen LogP contribution in [0, 0.1) is 0 Å². The van der Waals surface area contributed by atoms with Gasteiger partial charge in [-0.2, -0.15) is 0 Å². The predicted octanol–water partition coefficient (Wildman–Crippen LogP) is 1.25. The number of ether oxygens (including phenoxy) is 1. The van der Waals surface area contributed by atoms with Crippen LogP contribution < -0.4 is 5.32 Å². The Balaban J connectivity index is 3.41. The van der Waals surface area contributed by atoms with Gasteiger partial charge in [-0.15, -0.1) is 0 Å². The standard InChI is InChI=1S/C10H21NO3/c1-8(7-9(12)13)14-6-5-11-10(2,3)4/h8,11H,5-7H2,1-4H3,(H,12,13). The van der Waals surface area contributed by atoms with E-state index in [9.17, 15) is 4.79 Å². The number of rotatable bonds is 6. The Morgan fingerprint density at radius 1 is 1.50 bits per heavy atom. The number of hydrogen-bond donors (Lipinski definition) is 2. The lowest BCUT2D eigenvalue weighted by atomic mass is 10.1. The van der Waals surface area contributed by atoms with Gasteiger partial charge in [0.05, 0.1) is 19.1 Å². The Labute approximate surface area is 85.6 Å². The van der Waals surface area contributed by atoms with E-state index in [-0.39, 0.29) is 18.1 Å². The molecule has 1 unspecified atom stereocenters. The van der Waals surface area contributed by atoms with E-state index in [1.54, 1.807) is 6.92 Å². The van der Waals surface area contributed by atoms with E-state index in [0.717, 1.165) is 6.54 Å². The average molecular weight is 203 g/mol. The fourth-order valence-corrected chi connectivity index (χ4v) is 0.991. The van der Waals surface area contributed by atoms with Crippen molar-refractivity contribution in [1.82, 2.24) is 5.32 Å². The van der Waals surface area contributed by atoms with E-state index in [2.05, 4.69) is 26.1 Å². The largest absolute Gasteiger partial charge is 0.481 e. The van der Waals surface area contributed by atoms with Crippen molar-refractivity contribution in [2.45, 2.75) is 45.8 Å². The molecule has 0 amide bonds. The normalized spacial score (nSPS) is 14.0. The summed E-state index contributed by atoms with van der Waals surface area (Å²) < 4.78 is 5.30. The van der Waals surface area contributed by atoms with E-state index in [1.807, 2.05) is 0 Å². The zero-order valence-corrected chi connectivity index (χ0v) is 9.46.